The van der Waals surface area contributed by atoms with Crippen LogP contribution in [0.3, 0.4) is 0 Å². The number of hydrogen-bond donors (Lipinski definition) is 2. The van der Waals surface area contributed by atoms with Crippen molar-refractivity contribution in [2.75, 3.05) is 13.1 Å². The Morgan fingerprint density at radius 1 is 1.28 bits per heavy atom. The van der Waals surface area contributed by atoms with Crippen LogP contribution in [0.4, 0.5) is 4.39 Å². The van der Waals surface area contributed by atoms with Crippen LogP contribution in [0.25, 0.3) is 0 Å². The summed E-state index contributed by atoms with van der Waals surface area (Å²) >= 11 is 0. The second-order valence-electron chi connectivity index (χ2n) is 5.51. The summed E-state index contributed by atoms with van der Waals surface area (Å²) in [5.41, 5.74) is -0.0451. The number of hydrogen-bond acceptors (Lipinski definition) is 2. The minimum Gasteiger partial charge on any atom is -0.385 e. The van der Waals surface area contributed by atoms with Crippen LogP contribution in [0, 0.1) is 11.7 Å². The first-order valence-corrected chi connectivity index (χ1v) is 6.77. The lowest BCUT2D eigenvalue weighted by molar-refractivity contribution is 0.0390. The van der Waals surface area contributed by atoms with Gasteiger partial charge in [-0.15, -0.1) is 0 Å². The summed E-state index contributed by atoms with van der Waals surface area (Å²) in [6.07, 6.45) is 4.16. The molecule has 0 amide bonds. The lowest BCUT2D eigenvalue weighted by Crippen LogP contribution is -2.29. The third-order valence-electron chi connectivity index (χ3n) is 3.96. The van der Waals surface area contributed by atoms with Gasteiger partial charge in [0, 0.05) is 0 Å². The highest BCUT2D eigenvalue weighted by molar-refractivity contribution is 5.22. The van der Waals surface area contributed by atoms with E-state index in [0.717, 1.165) is 31.5 Å². The van der Waals surface area contributed by atoms with Gasteiger partial charge in [0.15, 0.2) is 0 Å². The fourth-order valence-electron chi connectivity index (χ4n) is 2.61. The maximum atomic E-state index is 12.9. The SMILES string of the molecule is C[C@](O)(CCC1CCNCC1)c1ccc(F)cc1. The van der Waals surface area contributed by atoms with E-state index in [9.17, 15) is 9.50 Å². The molecule has 1 atom stereocenters. The number of aliphatic hydroxyl groups is 1. The fourth-order valence-corrected chi connectivity index (χ4v) is 2.61. The highest BCUT2D eigenvalue weighted by atomic mass is 19.1. The number of benzene rings is 1. The molecule has 1 heterocycles. The maximum Gasteiger partial charge on any atom is 0.123 e. The minimum absolute atomic E-state index is 0.257. The van der Waals surface area contributed by atoms with Crippen LogP contribution in [0.5, 0.6) is 0 Å². The summed E-state index contributed by atoms with van der Waals surface area (Å²) in [5.74, 6) is 0.450. The van der Waals surface area contributed by atoms with Gasteiger partial charge in [0.25, 0.3) is 0 Å². The first kappa shape index (κ1) is 13.5. The molecule has 1 fully saturated rings. The Kier molecular flexibility index (Phi) is 4.36. The summed E-state index contributed by atoms with van der Waals surface area (Å²) in [6.45, 7) is 3.99. The van der Waals surface area contributed by atoms with E-state index in [1.165, 1.54) is 25.0 Å². The maximum absolute atomic E-state index is 12.9. The molecule has 0 aliphatic carbocycles. The second kappa shape index (κ2) is 5.81. The topological polar surface area (TPSA) is 32.3 Å². The van der Waals surface area contributed by atoms with Gasteiger partial charge in [0.05, 0.1) is 5.60 Å². The van der Waals surface area contributed by atoms with Gasteiger partial charge >= 0.3 is 0 Å². The second-order valence-corrected chi connectivity index (χ2v) is 5.51. The number of nitrogens with one attached hydrogen (secondary N) is 1. The van der Waals surface area contributed by atoms with Gasteiger partial charge in [-0.1, -0.05) is 12.1 Å². The van der Waals surface area contributed by atoms with E-state index < -0.39 is 5.60 Å². The molecule has 3 heteroatoms. The zero-order chi connectivity index (χ0) is 13.0. The van der Waals surface area contributed by atoms with E-state index in [-0.39, 0.29) is 5.82 Å². The number of halogens is 1. The first-order valence-electron chi connectivity index (χ1n) is 6.77. The molecule has 2 rings (SSSR count). The molecule has 1 aromatic rings. The Balaban J connectivity index is 1.91. The summed E-state index contributed by atoms with van der Waals surface area (Å²) in [7, 11) is 0. The van der Waals surface area contributed by atoms with E-state index in [4.69, 9.17) is 0 Å². The lowest BCUT2D eigenvalue weighted by atomic mass is 9.85. The normalized spacial score (nSPS) is 20.6. The molecule has 2 N–H and O–H groups in total. The van der Waals surface area contributed by atoms with Crippen LogP contribution in [-0.2, 0) is 5.60 Å². The molecule has 1 aliphatic heterocycles. The highest BCUT2D eigenvalue weighted by Gasteiger charge is 2.25. The lowest BCUT2D eigenvalue weighted by Gasteiger charge is -2.28. The summed E-state index contributed by atoms with van der Waals surface area (Å²) < 4.78 is 12.9. The predicted octanol–water partition coefficient (Wildman–Crippen LogP) is 2.81. The Bertz CT molecular complexity index is 369. The molecule has 0 spiro atoms. The van der Waals surface area contributed by atoms with Crippen molar-refractivity contribution in [2.24, 2.45) is 5.92 Å². The summed E-state index contributed by atoms with van der Waals surface area (Å²) in [5, 5.41) is 13.8. The average Bonchev–Trinajstić information content (AvgIpc) is 2.38. The van der Waals surface area contributed by atoms with Gasteiger partial charge in [-0.05, 0) is 69.3 Å². The Labute approximate surface area is 108 Å². The van der Waals surface area contributed by atoms with Gasteiger partial charge in [-0.3, -0.25) is 0 Å². The standard InChI is InChI=1S/C15H22FNO/c1-15(18,13-2-4-14(16)5-3-13)9-6-12-7-10-17-11-8-12/h2-5,12,17-18H,6-11H2,1H3/t15-/m0/s1. The monoisotopic (exact) mass is 251 g/mol. The number of rotatable bonds is 4. The van der Waals surface area contributed by atoms with Crippen LogP contribution in [0.1, 0.15) is 38.2 Å². The van der Waals surface area contributed by atoms with Crippen molar-refractivity contribution in [1.82, 2.24) is 5.32 Å². The van der Waals surface area contributed by atoms with Gasteiger partial charge in [-0.25, -0.2) is 4.39 Å². The van der Waals surface area contributed by atoms with E-state index in [1.807, 2.05) is 6.92 Å². The molecule has 18 heavy (non-hydrogen) atoms. The Hall–Kier alpha value is -0.930. The fraction of sp³-hybridized carbons (Fsp3) is 0.600. The summed E-state index contributed by atoms with van der Waals surface area (Å²) in [6, 6.07) is 6.18. The quantitative estimate of drug-likeness (QED) is 0.862. The zero-order valence-corrected chi connectivity index (χ0v) is 11.0. The largest absolute Gasteiger partial charge is 0.385 e. The summed E-state index contributed by atoms with van der Waals surface area (Å²) in [4.78, 5) is 0. The molecule has 1 aliphatic rings. The van der Waals surface area contributed by atoms with Crippen LogP contribution in [0.2, 0.25) is 0 Å². The van der Waals surface area contributed by atoms with Gasteiger partial charge in [-0.2, -0.15) is 0 Å². The molecule has 2 nitrogen and oxygen atoms in total. The van der Waals surface area contributed by atoms with Crippen molar-refractivity contribution in [3.63, 3.8) is 0 Å². The Morgan fingerprint density at radius 2 is 1.89 bits per heavy atom. The van der Waals surface area contributed by atoms with E-state index in [1.54, 1.807) is 12.1 Å². The van der Waals surface area contributed by atoms with E-state index in [0.29, 0.717) is 5.92 Å². The number of piperidine rings is 1. The third-order valence-corrected chi connectivity index (χ3v) is 3.96. The van der Waals surface area contributed by atoms with Crippen molar-refractivity contribution in [3.8, 4) is 0 Å². The molecule has 0 radical (unpaired) electrons. The van der Waals surface area contributed by atoms with Crippen LogP contribution < -0.4 is 5.32 Å². The zero-order valence-electron chi connectivity index (χ0n) is 11.0. The van der Waals surface area contributed by atoms with Gasteiger partial charge < -0.3 is 10.4 Å². The van der Waals surface area contributed by atoms with Crippen molar-refractivity contribution in [2.45, 2.75) is 38.2 Å². The van der Waals surface area contributed by atoms with Crippen LogP contribution in [0.15, 0.2) is 24.3 Å². The molecule has 1 aromatic carbocycles. The molecule has 1 saturated heterocycles. The predicted molar refractivity (Wildman–Crippen MR) is 70.8 cm³/mol. The average molecular weight is 251 g/mol. The van der Waals surface area contributed by atoms with Crippen LogP contribution >= 0.6 is 0 Å². The minimum atomic E-state index is -0.849. The van der Waals surface area contributed by atoms with Crippen molar-refractivity contribution in [3.05, 3.63) is 35.6 Å². The van der Waals surface area contributed by atoms with E-state index >= 15 is 0 Å². The first-order chi connectivity index (χ1) is 8.58. The smallest absolute Gasteiger partial charge is 0.123 e. The molecule has 0 aromatic heterocycles. The molecule has 0 saturated carbocycles. The highest BCUT2D eigenvalue weighted by Crippen LogP contribution is 2.30. The molecule has 100 valence electrons. The molecular weight excluding hydrogens is 229 g/mol. The molecule has 0 unspecified atom stereocenters. The molecular formula is C15H22FNO. The third kappa shape index (κ3) is 3.53. The van der Waals surface area contributed by atoms with Crippen LogP contribution in [-0.4, -0.2) is 18.2 Å². The van der Waals surface area contributed by atoms with Gasteiger partial charge in [0.1, 0.15) is 5.82 Å². The molecule has 0 bridgehead atoms. The van der Waals surface area contributed by atoms with Crippen molar-refractivity contribution >= 4 is 0 Å². The van der Waals surface area contributed by atoms with Gasteiger partial charge in [0.2, 0.25) is 0 Å². The Morgan fingerprint density at radius 3 is 2.50 bits per heavy atom. The van der Waals surface area contributed by atoms with Crippen molar-refractivity contribution in [1.29, 1.82) is 0 Å². The van der Waals surface area contributed by atoms with Crippen molar-refractivity contribution < 1.29 is 9.50 Å². The van der Waals surface area contributed by atoms with E-state index in [2.05, 4.69) is 5.32 Å².